The molecule has 1 amide bonds. The van der Waals surface area contributed by atoms with Crippen LogP contribution in [0.1, 0.15) is 19.3 Å². The molecule has 1 heterocycles. The Hall–Kier alpha value is -0.610. The molecule has 74 valence electrons. The quantitative estimate of drug-likeness (QED) is 0.630. The van der Waals surface area contributed by atoms with E-state index >= 15 is 0 Å². The van der Waals surface area contributed by atoms with Crippen molar-refractivity contribution in [2.45, 2.75) is 31.3 Å². The summed E-state index contributed by atoms with van der Waals surface area (Å²) in [6.45, 7) is 2.29. The van der Waals surface area contributed by atoms with E-state index in [2.05, 4.69) is 10.6 Å². The first-order chi connectivity index (χ1) is 6.34. The van der Waals surface area contributed by atoms with Crippen LogP contribution in [0.5, 0.6) is 0 Å². The zero-order valence-corrected chi connectivity index (χ0v) is 7.71. The van der Waals surface area contributed by atoms with Crippen LogP contribution in [0.25, 0.3) is 0 Å². The molecule has 2 rings (SSSR count). The lowest BCUT2D eigenvalue weighted by atomic mass is 10.2. The summed E-state index contributed by atoms with van der Waals surface area (Å²) in [5.74, 6) is 0.158. The lowest BCUT2D eigenvalue weighted by Crippen LogP contribution is -2.44. The molecule has 0 bridgehead atoms. The second-order valence-electron chi connectivity index (χ2n) is 3.77. The van der Waals surface area contributed by atoms with Crippen molar-refractivity contribution >= 4 is 5.91 Å². The van der Waals surface area contributed by atoms with Gasteiger partial charge in [-0.2, -0.15) is 0 Å². The minimum atomic E-state index is 0.158. The first-order valence-electron chi connectivity index (χ1n) is 4.95. The SMILES string of the molecule is O=C(CC1COCCN1)NC1CC1. The number of ether oxygens (including phenoxy) is 1. The van der Waals surface area contributed by atoms with Crippen molar-refractivity contribution in [3.05, 3.63) is 0 Å². The van der Waals surface area contributed by atoms with Crippen LogP contribution in [-0.2, 0) is 9.53 Å². The van der Waals surface area contributed by atoms with Crippen molar-refractivity contribution in [2.24, 2.45) is 0 Å². The molecule has 13 heavy (non-hydrogen) atoms. The maximum absolute atomic E-state index is 11.4. The Kier molecular flexibility index (Phi) is 2.80. The number of morpholine rings is 1. The number of rotatable bonds is 3. The van der Waals surface area contributed by atoms with Crippen molar-refractivity contribution < 1.29 is 9.53 Å². The normalized spacial score (nSPS) is 28.5. The Morgan fingerprint density at radius 3 is 3.00 bits per heavy atom. The maximum atomic E-state index is 11.4. The van der Waals surface area contributed by atoms with Gasteiger partial charge >= 0.3 is 0 Å². The van der Waals surface area contributed by atoms with Crippen molar-refractivity contribution in [1.82, 2.24) is 10.6 Å². The van der Waals surface area contributed by atoms with Crippen molar-refractivity contribution in [3.8, 4) is 0 Å². The molecule has 0 spiro atoms. The molecule has 2 N–H and O–H groups in total. The summed E-state index contributed by atoms with van der Waals surface area (Å²) in [5.41, 5.74) is 0. The highest BCUT2D eigenvalue weighted by atomic mass is 16.5. The van der Waals surface area contributed by atoms with Crippen molar-refractivity contribution in [3.63, 3.8) is 0 Å². The molecule has 2 aliphatic rings. The van der Waals surface area contributed by atoms with Crippen molar-refractivity contribution in [2.75, 3.05) is 19.8 Å². The highest BCUT2D eigenvalue weighted by Crippen LogP contribution is 2.18. The number of hydrogen-bond acceptors (Lipinski definition) is 3. The molecule has 1 aliphatic carbocycles. The number of carbonyl (C=O) groups is 1. The first kappa shape index (κ1) is 8.97. The minimum absolute atomic E-state index is 0.158. The number of amides is 1. The molecule has 0 aromatic heterocycles. The van der Waals surface area contributed by atoms with Crippen LogP contribution in [0, 0.1) is 0 Å². The van der Waals surface area contributed by atoms with E-state index in [4.69, 9.17) is 4.74 Å². The largest absolute Gasteiger partial charge is 0.378 e. The Morgan fingerprint density at radius 2 is 2.38 bits per heavy atom. The summed E-state index contributed by atoms with van der Waals surface area (Å²) in [7, 11) is 0. The van der Waals surface area contributed by atoms with Gasteiger partial charge in [0.05, 0.1) is 13.2 Å². The van der Waals surface area contributed by atoms with Crippen LogP contribution >= 0.6 is 0 Å². The van der Waals surface area contributed by atoms with Crippen LogP contribution in [0.2, 0.25) is 0 Å². The predicted molar refractivity (Wildman–Crippen MR) is 48.4 cm³/mol. The lowest BCUT2D eigenvalue weighted by Gasteiger charge is -2.23. The van der Waals surface area contributed by atoms with Gasteiger partial charge in [0.25, 0.3) is 0 Å². The third-order valence-electron chi connectivity index (χ3n) is 2.37. The fourth-order valence-corrected chi connectivity index (χ4v) is 1.49. The van der Waals surface area contributed by atoms with E-state index in [9.17, 15) is 4.79 Å². The highest BCUT2D eigenvalue weighted by Gasteiger charge is 2.25. The van der Waals surface area contributed by atoms with Crippen LogP contribution < -0.4 is 10.6 Å². The fourth-order valence-electron chi connectivity index (χ4n) is 1.49. The molecule has 1 saturated heterocycles. The van der Waals surface area contributed by atoms with E-state index in [1.807, 2.05) is 0 Å². The average molecular weight is 184 g/mol. The molecule has 0 radical (unpaired) electrons. The number of carbonyl (C=O) groups excluding carboxylic acids is 1. The third kappa shape index (κ3) is 2.97. The van der Waals surface area contributed by atoms with E-state index in [0.717, 1.165) is 26.0 Å². The second kappa shape index (κ2) is 4.07. The molecule has 1 unspecified atom stereocenters. The summed E-state index contributed by atoms with van der Waals surface area (Å²) in [6.07, 6.45) is 2.86. The van der Waals surface area contributed by atoms with Crippen LogP contribution in [0.3, 0.4) is 0 Å². The Labute approximate surface area is 78.0 Å². The average Bonchev–Trinajstić information content (AvgIpc) is 2.90. The smallest absolute Gasteiger partial charge is 0.221 e. The molecule has 1 atom stereocenters. The van der Waals surface area contributed by atoms with E-state index in [0.29, 0.717) is 19.1 Å². The third-order valence-corrected chi connectivity index (χ3v) is 2.37. The van der Waals surface area contributed by atoms with Gasteiger partial charge in [0.1, 0.15) is 0 Å². The van der Waals surface area contributed by atoms with Gasteiger partial charge < -0.3 is 15.4 Å². The zero-order valence-electron chi connectivity index (χ0n) is 7.71. The van der Waals surface area contributed by atoms with Crippen LogP contribution in [0.15, 0.2) is 0 Å². The van der Waals surface area contributed by atoms with Crippen LogP contribution in [0.4, 0.5) is 0 Å². The highest BCUT2D eigenvalue weighted by molar-refractivity contribution is 5.77. The van der Waals surface area contributed by atoms with Gasteiger partial charge in [-0.3, -0.25) is 4.79 Å². The minimum Gasteiger partial charge on any atom is -0.378 e. The topological polar surface area (TPSA) is 50.4 Å². The Balaban J connectivity index is 1.66. The van der Waals surface area contributed by atoms with E-state index in [1.54, 1.807) is 0 Å². The second-order valence-corrected chi connectivity index (χ2v) is 3.77. The summed E-state index contributed by atoms with van der Waals surface area (Å²) < 4.78 is 5.26. The molecule has 1 saturated carbocycles. The maximum Gasteiger partial charge on any atom is 0.221 e. The molecule has 0 aromatic carbocycles. The molecular formula is C9H16N2O2. The molecule has 1 aliphatic heterocycles. The molecule has 0 aromatic rings. The van der Waals surface area contributed by atoms with E-state index in [-0.39, 0.29) is 11.9 Å². The van der Waals surface area contributed by atoms with Gasteiger partial charge in [0.15, 0.2) is 0 Å². The lowest BCUT2D eigenvalue weighted by molar-refractivity contribution is -0.122. The van der Waals surface area contributed by atoms with Gasteiger partial charge in [-0.05, 0) is 12.8 Å². The van der Waals surface area contributed by atoms with Crippen molar-refractivity contribution in [1.29, 1.82) is 0 Å². The first-order valence-corrected chi connectivity index (χ1v) is 4.95. The molecule has 4 nitrogen and oxygen atoms in total. The Bertz CT molecular complexity index is 186. The number of hydrogen-bond donors (Lipinski definition) is 2. The standard InChI is InChI=1S/C9H16N2O2/c12-9(11-7-1-2-7)5-8-6-13-4-3-10-8/h7-8,10H,1-6H2,(H,11,12). The summed E-state index contributed by atoms with van der Waals surface area (Å²) in [5, 5.41) is 6.22. The van der Waals surface area contributed by atoms with Gasteiger partial charge in [-0.1, -0.05) is 0 Å². The molecule has 4 heteroatoms. The van der Waals surface area contributed by atoms with E-state index in [1.165, 1.54) is 0 Å². The van der Waals surface area contributed by atoms with Crippen LogP contribution in [-0.4, -0.2) is 37.7 Å². The van der Waals surface area contributed by atoms with E-state index < -0.39 is 0 Å². The molecular weight excluding hydrogens is 168 g/mol. The zero-order chi connectivity index (χ0) is 9.10. The summed E-state index contributed by atoms with van der Waals surface area (Å²) in [6, 6.07) is 0.685. The van der Waals surface area contributed by atoms with Gasteiger partial charge in [0.2, 0.25) is 5.91 Å². The monoisotopic (exact) mass is 184 g/mol. The fraction of sp³-hybridized carbons (Fsp3) is 0.889. The molecule has 2 fully saturated rings. The summed E-state index contributed by atoms with van der Waals surface area (Å²) in [4.78, 5) is 11.4. The Morgan fingerprint density at radius 1 is 1.54 bits per heavy atom. The van der Waals surface area contributed by atoms with Gasteiger partial charge in [0, 0.05) is 25.0 Å². The summed E-state index contributed by atoms with van der Waals surface area (Å²) >= 11 is 0. The predicted octanol–water partition coefficient (Wildman–Crippen LogP) is -0.356. The number of nitrogens with one attached hydrogen (secondary N) is 2. The van der Waals surface area contributed by atoms with Gasteiger partial charge in [-0.25, -0.2) is 0 Å². The van der Waals surface area contributed by atoms with Gasteiger partial charge in [-0.15, -0.1) is 0 Å².